The molecule has 0 saturated carbocycles. The first-order valence-corrected chi connectivity index (χ1v) is 6.53. The van der Waals surface area contributed by atoms with Crippen LogP contribution in [0.5, 0.6) is 0 Å². The molecular formula is C10H10Br2ClF. The van der Waals surface area contributed by atoms with Crippen molar-refractivity contribution in [3.05, 3.63) is 33.0 Å². The normalized spacial score (nSPS) is 12.9. The molecule has 0 radical (unpaired) electrons. The van der Waals surface area contributed by atoms with Gasteiger partial charge in [-0.25, -0.2) is 4.39 Å². The minimum Gasteiger partial charge on any atom is -0.205 e. The second-order valence-electron chi connectivity index (χ2n) is 3.30. The number of hydrogen-bond donors (Lipinski definition) is 0. The van der Waals surface area contributed by atoms with E-state index in [1.807, 2.05) is 0 Å². The second-order valence-corrected chi connectivity index (χ2v) is 5.18. The van der Waals surface area contributed by atoms with E-state index in [4.69, 9.17) is 11.6 Å². The highest BCUT2D eigenvalue weighted by Crippen LogP contribution is 2.28. The third kappa shape index (κ3) is 2.94. The molecule has 1 rings (SSSR count). The molecule has 0 aromatic heterocycles. The van der Waals surface area contributed by atoms with Crippen LogP contribution in [0.25, 0.3) is 0 Å². The Balaban J connectivity index is 2.94. The number of halogens is 4. The first kappa shape index (κ1) is 12.5. The van der Waals surface area contributed by atoms with Gasteiger partial charge >= 0.3 is 0 Å². The quantitative estimate of drug-likeness (QED) is 0.545. The maximum atomic E-state index is 13.6. The minimum atomic E-state index is -0.311. The van der Waals surface area contributed by atoms with Gasteiger partial charge in [0.25, 0.3) is 0 Å². The van der Waals surface area contributed by atoms with Gasteiger partial charge in [-0.05, 0) is 39.9 Å². The van der Waals surface area contributed by atoms with Crippen molar-refractivity contribution in [3.8, 4) is 0 Å². The van der Waals surface area contributed by atoms with Gasteiger partial charge < -0.3 is 0 Å². The van der Waals surface area contributed by atoms with Gasteiger partial charge in [-0.15, -0.1) is 0 Å². The van der Waals surface area contributed by atoms with Gasteiger partial charge in [0.1, 0.15) is 5.82 Å². The zero-order valence-corrected chi connectivity index (χ0v) is 11.6. The Morgan fingerprint density at radius 3 is 2.71 bits per heavy atom. The Hall–Kier alpha value is 0.400. The molecule has 78 valence electrons. The Morgan fingerprint density at radius 2 is 2.14 bits per heavy atom. The summed E-state index contributed by atoms with van der Waals surface area (Å²) in [6.45, 7) is 2.06. The zero-order valence-electron chi connectivity index (χ0n) is 7.66. The van der Waals surface area contributed by atoms with Gasteiger partial charge in [0.05, 0.1) is 5.02 Å². The van der Waals surface area contributed by atoms with E-state index < -0.39 is 0 Å². The van der Waals surface area contributed by atoms with Crippen LogP contribution in [0.1, 0.15) is 12.5 Å². The fourth-order valence-electron chi connectivity index (χ4n) is 1.15. The highest BCUT2D eigenvalue weighted by atomic mass is 79.9. The van der Waals surface area contributed by atoms with Crippen LogP contribution in [-0.2, 0) is 6.42 Å². The molecule has 0 nitrogen and oxygen atoms in total. The first-order valence-electron chi connectivity index (χ1n) is 4.24. The predicted octanol–water partition coefficient (Wildman–Crippen LogP) is 4.82. The van der Waals surface area contributed by atoms with Gasteiger partial charge in [0.15, 0.2) is 0 Å². The molecule has 0 amide bonds. The molecule has 0 spiro atoms. The molecular weight excluding hydrogens is 334 g/mol. The summed E-state index contributed by atoms with van der Waals surface area (Å²) in [4.78, 5) is 0. The second kappa shape index (κ2) is 5.47. The molecule has 0 aliphatic carbocycles. The van der Waals surface area contributed by atoms with Crippen molar-refractivity contribution in [1.29, 1.82) is 0 Å². The summed E-state index contributed by atoms with van der Waals surface area (Å²) in [5.41, 5.74) is 0.671. The summed E-state index contributed by atoms with van der Waals surface area (Å²) in [5.74, 6) is 0.0931. The standard InChI is InChI=1S/C10H10Br2ClF/c1-6(5-11)4-7-2-3-8(12)9(13)10(7)14/h2-3,6H,4-5H2,1H3. The maximum Gasteiger partial charge on any atom is 0.146 e. The van der Waals surface area contributed by atoms with Crippen molar-refractivity contribution < 1.29 is 4.39 Å². The molecule has 0 fully saturated rings. The molecule has 1 atom stereocenters. The molecule has 0 N–H and O–H groups in total. The lowest BCUT2D eigenvalue weighted by atomic mass is 10.0. The Bertz CT molecular complexity index is 328. The summed E-state index contributed by atoms with van der Waals surface area (Å²) < 4.78 is 14.2. The van der Waals surface area contributed by atoms with E-state index in [2.05, 4.69) is 38.8 Å². The molecule has 1 aromatic rings. The smallest absolute Gasteiger partial charge is 0.146 e. The van der Waals surface area contributed by atoms with Gasteiger partial charge in [-0.1, -0.05) is 40.5 Å². The molecule has 0 bridgehead atoms. The van der Waals surface area contributed by atoms with Crippen molar-refractivity contribution in [3.63, 3.8) is 0 Å². The van der Waals surface area contributed by atoms with Crippen LogP contribution in [0.2, 0.25) is 5.02 Å². The average Bonchev–Trinajstić information content (AvgIpc) is 2.19. The van der Waals surface area contributed by atoms with E-state index >= 15 is 0 Å². The summed E-state index contributed by atoms with van der Waals surface area (Å²) in [6.07, 6.45) is 0.698. The number of rotatable bonds is 3. The topological polar surface area (TPSA) is 0 Å². The van der Waals surface area contributed by atoms with Gasteiger partial charge in [-0.2, -0.15) is 0 Å². The molecule has 0 saturated heterocycles. The van der Waals surface area contributed by atoms with Gasteiger partial charge in [-0.3, -0.25) is 0 Å². The highest BCUT2D eigenvalue weighted by Gasteiger charge is 2.12. The van der Waals surface area contributed by atoms with Crippen molar-refractivity contribution in [2.45, 2.75) is 13.3 Å². The van der Waals surface area contributed by atoms with Crippen molar-refractivity contribution >= 4 is 43.5 Å². The molecule has 0 aliphatic heterocycles. The lowest BCUT2D eigenvalue weighted by Crippen LogP contribution is -2.03. The van der Waals surface area contributed by atoms with Crippen LogP contribution >= 0.6 is 43.5 Å². The van der Waals surface area contributed by atoms with Crippen LogP contribution in [0, 0.1) is 11.7 Å². The van der Waals surface area contributed by atoms with E-state index in [1.54, 1.807) is 12.1 Å². The molecule has 1 aromatic carbocycles. The largest absolute Gasteiger partial charge is 0.205 e. The van der Waals surface area contributed by atoms with E-state index in [0.29, 0.717) is 22.4 Å². The lowest BCUT2D eigenvalue weighted by molar-refractivity contribution is 0.579. The fraction of sp³-hybridized carbons (Fsp3) is 0.400. The van der Waals surface area contributed by atoms with Crippen LogP contribution in [-0.4, -0.2) is 5.33 Å². The lowest BCUT2D eigenvalue weighted by Gasteiger charge is -2.09. The molecule has 0 heterocycles. The molecule has 4 heteroatoms. The SMILES string of the molecule is CC(CBr)Cc1ccc(Br)c(Cl)c1F. The Kier molecular flexibility index (Phi) is 4.88. The van der Waals surface area contributed by atoms with E-state index in [9.17, 15) is 4.39 Å². The maximum absolute atomic E-state index is 13.6. The van der Waals surface area contributed by atoms with Crippen molar-refractivity contribution in [2.75, 3.05) is 5.33 Å². The van der Waals surface area contributed by atoms with Crippen LogP contribution in [0.3, 0.4) is 0 Å². The number of benzene rings is 1. The van der Waals surface area contributed by atoms with Crippen molar-refractivity contribution in [1.82, 2.24) is 0 Å². The summed E-state index contributed by atoms with van der Waals surface area (Å²) in [7, 11) is 0. The van der Waals surface area contributed by atoms with Crippen LogP contribution < -0.4 is 0 Å². The minimum absolute atomic E-state index is 0.171. The zero-order chi connectivity index (χ0) is 10.7. The first-order chi connectivity index (χ1) is 6.56. The van der Waals surface area contributed by atoms with Crippen LogP contribution in [0.4, 0.5) is 4.39 Å². The molecule has 14 heavy (non-hydrogen) atoms. The van der Waals surface area contributed by atoms with Crippen molar-refractivity contribution in [2.24, 2.45) is 5.92 Å². The molecule has 1 unspecified atom stereocenters. The third-order valence-corrected chi connectivity index (χ3v) is 4.31. The summed E-state index contributed by atoms with van der Waals surface area (Å²) in [5, 5.41) is 1.03. The third-order valence-electron chi connectivity index (χ3n) is 1.95. The number of alkyl halides is 1. The number of hydrogen-bond acceptors (Lipinski definition) is 0. The average molecular weight is 344 g/mol. The van der Waals surface area contributed by atoms with Crippen LogP contribution in [0.15, 0.2) is 16.6 Å². The fourth-order valence-corrected chi connectivity index (χ4v) is 1.87. The summed E-state index contributed by atoms with van der Waals surface area (Å²) >= 11 is 12.3. The van der Waals surface area contributed by atoms with E-state index in [0.717, 1.165) is 5.33 Å². The summed E-state index contributed by atoms with van der Waals surface area (Å²) in [6, 6.07) is 3.55. The van der Waals surface area contributed by atoms with Gasteiger partial charge in [0, 0.05) is 9.80 Å². The Labute approximate surface area is 105 Å². The Morgan fingerprint density at radius 1 is 1.50 bits per heavy atom. The van der Waals surface area contributed by atoms with Gasteiger partial charge in [0.2, 0.25) is 0 Å². The monoisotopic (exact) mass is 342 g/mol. The van der Waals surface area contributed by atoms with E-state index in [-0.39, 0.29) is 10.8 Å². The molecule has 0 aliphatic rings. The van der Waals surface area contributed by atoms with E-state index in [1.165, 1.54) is 0 Å². The highest BCUT2D eigenvalue weighted by molar-refractivity contribution is 9.10. The predicted molar refractivity (Wildman–Crippen MR) is 65.8 cm³/mol.